The third kappa shape index (κ3) is 3.87. The number of hydrogen-bond donors (Lipinski definition) is 2. The molecule has 3 rings (SSSR count). The number of hydrogen-bond acceptors (Lipinski definition) is 7. The third-order valence-corrected chi connectivity index (χ3v) is 4.32. The summed E-state index contributed by atoms with van der Waals surface area (Å²) in [5.74, 6) is 0.440. The van der Waals surface area contributed by atoms with Crippen LogP contribution in [0.15, 0.2) is 34.6 Å². The first-order chi connectivity index (χ1) is 11.3. The van der Waals surface area contributed by atoms with E-state index in [-0.39, 0.29) is 0 Å². The lowest BCUT2D eigenvalue weighted by molar-refractivity contribution is 0.0595. The molecule has 6 nitrogen and oxygen atoms in total. The van der Waals surface area contributed by atoms with E-state index < -0.39 is 5.97 Å². The molecule has 0 unspecified atom stereocenters. The van der Waals surface area contributed by atoms with Gasteiger partial charge in [-0.15, -0.1) is 11.3 Å². The van der Waals surface area contributed by atoms with Crippen molar-refractivity contribution >= 4 is 23.3 Å². The Bertz CT molecular complexity index is 726. The average Bonchev–Trinajstić information content (AvgIpc) is 3.11. The van der Waals surface area contributed by atoms with Crippen LogP contribution in [0.4, 0.5) is 0 Å². The second-order valence-electron chi connectivity index (χ2n) is 5.09. The molecule has 1 aliphatic rings. The van der Waals surface area contributed by atoms with E-state index in [2.05, 4.69) is 32.7 Å². The number of carbonyl (C=O) groups is 1. The summed E-state index contributed by atoms with van der Waals surface area (Å²) in [6.45, 7) is 2.51. The zero-order chi connectivity index (χ0) is 16.1. The van der Waals surface area contributed by atoms with Gasteiger partial charge in [0.15, 0.2) is 11.7 Å². The van der Waals surface area contributed by atoms with Crippen LogP contribution in [0, 0.1) is 0 Å². The van der Waals surface area contributed by atoms with Gasteiger partial charge in [-0.1, -0.05) is 18.2 Å². The molecule has 2 N–H and O–H groups in total. The molecule has 0 spiro atoms. The van der Waals surface area contributed by atoms with Crippen molar-refractivity contribution in [3.63, 3.8) is 0 Å². The Morgan fingerprint density at radius 3 is 3.17 bits per heavy atom. The molecular weight excluding hydrogens is 312 g/mol. The van der Waals surface area contributed by atoms with E-state index in [1.165, 1.54) is 18.4 Å². The lowest BCUT2D eigenvalue weighted by Crippen LogP contribution is -2.40. The van der Waals surface area contributed by atoms with Crippen LogP contribution in [-0.4, -0.2) is 37.1 Å². The summed E-state index contributed by atoms with van der Waals surface area (Å²) >= 11 is 1.43. The Hall–Kier alpha value is -2.41. The van der Waals surface area contributed by atoms with Crippen molar-refractivity contribution in [1.29, 1.82) is 0 Å². The van der Waals surface area contributed by atoms with E-state index in [1.54, 1.807) is 5.38 Å². The van der Waals surface area contributed by atoms with Gasteiger partial charge < -0.3 is 15.4 Å². The molecule has 0 saturated carbocycles. The molecule has 0 aliphatic carbocycles. The fraction of sp³-hybridized carbons (Fsp3) is 0.312. The Morgan fingerprint density at radius 1 is 1.48 bits per heavy atom. The van der Waals surface area contributed by atoms with Crippen molar-refractivity contribution < 1.29 is 9.53 Å². The van der Waals surface area contributed by atoms with Gasteiger partial charge in [-0.25, -0.2) is 9.78 Å². The van der Waals surface area contributed by atoms with E-state index in [9.17, 15) is 4.79 Å². The van der Waals surface area contributed by atoms with Gasteiger partial charge in [0.1, 0.15) is 5.01 Å². The molecule has 0 fully saturated rings. The van der Waals surface area contributed by atoms with Crippen LogP contribution < -0.4 is 10.6 Å². The minimum atomic E-state index is -0.410. The Balaban J connectivity index is 1.70. The molecule has 1 aliphatic heterocycles. The number of nitrogens with zero attached hydrogens (tertiary/aromatic N) is 2. The molecule has 23 heavy (non-hydrogen) atoms. The maximum atomic E-state index is 11.5. The monoisotopic (exact) mass is 330 g/mol. The highest BCUT2D eigenvalue weighted by atomic mass is 32.1. The van der Waals surface area contributed by atoms with Gasteiger partial charge in [-0.2, -0.15) is 0 Å². The first-order valence-electron chi connectivity index (χ1n) is 7.41. The largest absolute Gasteiger partial charge is 0.464 e. The fourth-order valence-electron chi connectivity index (χ4n) is 2.26. The Morgan fingerprint density at radius 2 is 2.39 bits per heavy atom. The summed E-state index contributed by atoms with van der Waals surface area (Å²) in [5.41, 5.74) is 2.46. The van der Waals surface area contributed by atoms with Crippen LogP contribution in [-0.2, 0) is 11.3 Å². The topological polar surface area (TPSA) is 75.6 Å². The van der Waals surface area contributed by atoms with Gasteiger partial charge in [0.05, 0.1) is 7.11 Å². The summed E-state index contributed by atoms with van der Waals surface area (Å²) < 4.78 is 4.69. The van der Waals surface area contributed by atoms with Crippen molar-refractivity contribution in [1.82, 2.24) is 15.6 Å². The van der Waals surface area contributed by atoms with E-state index in [4.69, 9.17) is 4.74 Å². The SMILES string of the molecule is COC(=O)c1csc(-c2cccc(CNC3=NCCCN3)c2)n1. The van der Waals surface area contributed by atoms with E-state index in [0.717, 1.165) is 41.6 Å². The zero-order valence-corrected chi connectivity index (χ0v) is 13.7. The highest BCUT2D eigenvalue weighted by Gasteiger charge is 2.12. The van der Waals surface area contributed by atoms with Crippen molar-refractivity contribution in [2.75, 3.05) is 20.2 Å². The van der Waals surface area contributed by atoms with Crippen LogP contribution in [0.25, 0.3) is 10.6 Å². The molecule has 7 heteroatoms. The first-order valence-corrected chi connectivity index (χ1v) is 8.29. The van der Waals surface area contributed by atoms with Gasteiger partial charge in [-0.3, -0.25) is 4.99 Å². The number of aliphatic imine (C=N–C) groups is 1. The van der Waals surface area contributed by atoms with Crippen molar-refractivity contribution in [3.05, 3.63) is 40.9 Å². The van der Waals surface area contributed by atoms with Crippen LogP contribution in [0.2, 0.25) is 0 Å². The number of nitrogens with one attached hydrogen (secondary N) is 2. The normalized spacial score (nSPS) is 13.9. The number of rotatable bonds is 4. The number of methoxy groups -OCH3 is 1. The standard InChI is InChI=1S/C16H18N4O2S/c1-22-15(21)13-10-23-14(20-13)12-5-2-4-11(8-12)9-19-16-17-6-3-7-18-16/h2,4-5,8,10H,3,6-7,9H2,1H3,(H2,17,18,19). The van der Waals surface area contributed by atoms with E-state index in [1.807, 2.05) is 12.1 Å². The van der Waals surface area contributed by atoms with Crippen molar-refractivity contribution in [2.45, 2.75) is 13.0 Å². The summed E-state index contributed by atoms with van der Waals surface area (Å²) in [4.78, 5) is 20.2. The summed E-state index contributed by atoms with van der Waals surface area (Å²) in [6.07, 6.45) is 1.08. The maximum absolute atomic E-state index is 11.5. The number of thiazole rings is 1. The van der Waals surface area contributed by atoms with Gasteiger partial charge in [0.2, 0.25) is 0 Å². The molecule has 0 radical (unpaired) electrons. The number of aromatic nitrogens is 1. The molecule has 0 atom stereocenters. The molecular formula is C16H18N4O2S. The number of benzene rings is 1. The van der Waals surface area contributed by atoms with Gasteiger partial charge in [-0.05, 0) is 18.1 Å². The minimum absolute atomic E-state index is 0.344. The lowest BCUT2D eigenvalue weighted by atomic mass is 10.1. The quantitative estimate of drug-likeness (QED) is 0.839. The fourth-order valence-corrected chi connectivity index (χ4v) is 3.04. The first kappa shape index (κ1) is 15.5. The highest BCUT2D eigenvalue weighted by molar-refractivity contribution is 7.13. The second kappa shape index (κ2) is 7.23. The third-order valence-electron chi connectivity index (χ3n) is 3.43. The number of carbonyl (C=O) groups excluding carboxylic acids is 1. The van der Waals surface area contributed by atoms with Gasteiger partial charge in [0.25, 0.3) is 0 Å². The van der Waals surface area contributed by atoms with Gasteiger partial charge >= 0.3 is 5.97 Å². The second-order valence-corrected chi connectivity index (χ2v) is 5.95. The molecule has 0 saturated heterocycles. The Labute approximate surface area is 138 Å². The molecule has 0 amide bonds. The van der Waals surface area contributed by atoms with Crippen LogP contribution >= 0.6 is 11.3 Å². The predicted molar refractivity (Wildman–Crippen MR) is 90.7 cm³/mol. The minimum Gasteiger partial charge on any atom is -0.464 e. The smallest absolute Gasteiger partial charge is 0.357 e. The molecule has 2 aromatic rings. The van der Waals surface area contributed by atoms with Crippen LogP contribution in [0.5, 0.6) is 0 Å². The number of esters is 1. The molecule has 1 aromatic heterocycles. The Kier molecular flexibility index (Phi) is 4.87. The van der Waals surface area contributed by atoms with E-state index in [0.29, 0.717) is 12.2 Å². The highest BCUT2D eigenvalue weighted by Crippen LogP contribution is 2.24. The van der Waals surface area contributed by atoms with Crippen molar-refractivity contribution in [2.24, 2.45) is 4.99 Å². The lowest BCUT2D eigenvalue weighted by Gasteiger charge is -2.16. The van der Waals surface area contributed by atoms with E-state index >= 15 is 0 Å². The zero-order valence-electron chi connectivity index (χ0n) is 12.8. The molecule has 120 valence electrons. The summed E-state index contributed by atoms with van der Waals surface area (Å²) in [6, 6.07) is 8.09. The van der Waals surface area contributed by atoms with Crippen LogP contribution in [0.1, 0.15) is 22.5 Å². The predicted octanol–water partition coefficient (Wildman–Crippen LogP) is 2.04. The number of guanidine groups is 1. The number of ether oxygens (including phenoxy) is 1. The molecule has 1 aromatic carbocycles. The van der Waals surface area contributed by atoms with Crippen molar-refractivity contribution in [3.8, 4) is 10.6 Å². The molecule has 0 bridgehead atoms. The van der Waals surface area contributed by atoms with Crippen LogP contribution in [0.3, 0.4) is 0 Å². The molecule has 2 heterocycles. The summed E-state index contributed by atoms with van der Waals surface area (Å²) in [7, 11) is 1.36. The maximum Gasteiger partial charge on any atom is 0.357 e. The average molecular weight is 330 g/mol. The van der Waals surface area contributed by atoms with Gasteiger partial charge in [0, 0.05) is 30.6 Å². The summed E-state index contributed by atoms with van der Waals surface area (Å²) in [5, 5.41) is 9.05.